The molecular weight excluding hydrogens is 210 g/mol. The van der Waals surface area contributed by atoms with Crippen molar-refractivity contribution in [2.24, 2.45) is 0 Å². The Morgan fingerprint density at radius 2 is 2.12 bits per heavy atom. The Labute approximate surface area is 103 Å². The van der Waals surface area contributed by atoms with Gasteiger partial charge in [-0.05, 0) is 19.4 Å². The van der Waals surface area contributed by atoms with E-state index in [0.717, 1.165) is 19.6 Å². The second-order valence-corrected chi connectivity index (χ2v) is 4.67. The fraction of sp³-hybridized carbons (Fsp3) is 0.500. The predicted octanol–water partition coefficient (Wildman–Crippen LogP) is 2.59. The van der Waals surface area contributed by atoms with Crippen molar-refractivity contribution in [3.63, 3.8) is 0 Å². The molecule has 0 bridgehead atoms. The molecule has 0 amide bonds. The summed E-state index contributed by atoms with van der Waals surface area (Å²) in [6, 6.07) is 8.96. The molecule has 1 aliphatic rings. The molecule has 0 saturated carbocycles. The monoisotopic (exact) mass is 229 g/mol. The lowest BCUT2D eigenvalue weighted by molar-refractivity contribution is 0.126. The number of hydrogen-bond donors (Lipinski definition) is 1. The van der Waals surface area contributed by atoms with Gasteiger partial charge in [0.2, 0.25) is 0 Å². The average molecular weight is 229 g/mol. The van der Waals surface area contributed by atoms with Crippen LogP contribution < -0.4 is 5.32 Å². The van der Waals surface area contributed by atoms with Crippen LogP contribution in [-0.4, -0.2) is 30.6 Å². The molecule has 0 aliphatic carbocycles. The molecule has 90 valence electrons. The third-order valence-electron chi connectivity index (χ3n) is 3.55. The molecule has 1 fully saturated rings. The molecule has 0 unspecified atom stereocenters. The molecule has 0 aromatic heterocycles. The van der Waals surface area contributed by atoms with Crippen molar-refractivity contribution in [2.45, 2.75) is 25.9 Å². The predicted molar refractivity (Wildman–Crippen MR) is 70.2 cm³/mol. The Balaban J connectivity index is 2.12. The zero-order chi connectivity index (χ0) is 12.3. The lowest BCUT2D eigenvalue weighted by atomic mass is 10.0. The lowest BCUT2D eigenvalue weighted by Crippen LogP contribution is -2.50. The standard InChI is InChI=1S/C14H19N3/c1-11-10-16-8-9-17(11)12(2)13-4-6-14(15-3)7-5-13/h4-7,11-12,16H,8-10H2,1-2H3/t11-,12-/m0/s1. The fourth-order valence-corrected chi connectivity index (χ4v) is 2.45. The molecule has 3 nitrogen and oxygen atoms in total. The minimum Gasteiger partial charge on any atom is -0.314 e. The van der Waals surface area contributed by atoms with Gasteiger partial charge in [0.05, 0.1) is 6.57 Å². The van der Waals surface area contributed by atoms with Crippen molar-refractivity contribution >= 4 is 5.69 Å². The van der Waals surface area contributed by atoms with E-state index < -0.39 is 0 Å². The number of nitrogens with one attached hydrogen (secondary N) is 1. The second kappa shape index (κ2) is 5.31. The third kappa shape index (κ3) is 2.66. The number of benzene rings is 1. The molecule has 1 saturated heterocycles. The summed E-state index contributed by atoms with van der Waals surface area (Å²) in [5, 5.41) is 3.41. The van der Waals surface area contributed by atoms with Gasteiger partial charge in [-0.15, -0.1) is 0 Å². The van der Waals surface area contributed by atoms with Crippen LogP contribution in [0.5, 0.6) is 0 Å². The molecule has 1 aliphatic heterocycles. The first-order valence-corrected chi connectivity index (χ1v) is 6.16. The highest BCUT2D eigenvalue weighted by Gasteiger charge is 2.23. The van der Waals surface area contributed by atoms with Crippen LogP contribution >= 0.6 is 0 Å². The number of hydrogen-bond acceptors (Lipinski definition) is 2. The summed E-state index contributed by atoms with van der Waals surface area (Å²) >= 11 is 0. The number of piperazine rings is 1. The highest BCUT2D eigenvalue weighted by atomic mass is 15.2. The minimum absolute atomic E-state index is 0.423. The summed E-state index contributed by atoms with van der Waals surface area (Å²) in [5.41, 5.74) is 2.01. The van der Waals surface area contributed by atoms with Crippen LogP contribution in [-0.2, 0) is 0 Å². The van der Waals surface area contributed by atoms with Crippen LogP contribution in [0.25, 0.3) is 4.85 Å². The minimum atomic E-state index is 0.423. The maximum absolute atomic E-state index is 6.96. The van der Waals surface area contributed by atoms with Crippen molar-refractivity contribution in [1.29, 1.82) is 0 Å². The van der Waals surface area contributed by atoms with Gasteiger partial charge >= 0.3 is 0 Å². The van der Waals surface area contributed by atoms with Crippen LogP contribution in [0.15, 0.2) is 24.3 Å². The van der Waals surface area contributed by atoms with Crippen molar-refractivity contribution in [2.75, 3.05) is 19.6 Å². The van der Waals surface area contributed by atoms with Gasteiger partial charge in [0, 0.05) is 31.7 Å². The molecule has 1 aromatic rings. The SMILES string of the molecule is [C-]#[N+]c1ccc([C@H](C)N2CCNC[C@@H]2C)cc1. The van der Waals surface area contributed by atoms with Gasteiger partial charge in [-0.1, -0.05) is 24.3 Å². The van der Waals surface area contributed by atoms with Crippen molar-refractivity contribution < 1.29 is 0 Å². The first-order chi connectivity index (χ1) is 8.22. The highest BCUT2D eigenvalue weighted by Crippen LogP contribution is 2.25. The molecule has 2 rings (SSSR count). The normalized spacial score (nSPS) is 23.0. The van der Waals surface area contributed by atoms with Gasteiger partial charge in [0.1, 0.15) is 0 Å². The van der Waals surface area contributed by atoms with Crippen LogP contribution in [0.2, 0.25) is 0 Å². The maximum Gasteiger partial charge on any atom is 0.187 e. The van der Waals surface area contributed by atoms with Crippen LogP contribution in [0, 0.1) is 6.57 Å². The summed E-state index contributed by atoms with van der Waals surface area (Å²) in [4.78, 5) is 5.94. The van der Waals surface area contributed by atoms with E-state index in [0.29, 0.717) is 17.8 Å². The molecule has 0 spiro atoms. The van der Waals surface area contributed by atoms with Gasteiger partial charge in [0.25, 0.3) is 0 Å². The van der Waals surface area contributed by atoms with Crippen LogP contribution in [0.4, 0.5) is 5.69 Å². The molecule has 1 N–H and O–H groups in total. The smallest absolute Gasteiger partial charge is 0.187 e. The summed E-state index contributed by atoms with van der Waals surface area (Å²) in [6.45, 7) is 14.7. The lowest BCUT2D eigenvalue weighted by Gasteiger charge is -2.38. The summed E-state index contributed by atoms with van der Waals surface area (Å²) in [6.07, 6.45) is 0. The van der Waals surface area contributed by atoms with E-state index in [4.69, 9.17) is 6.57 Å². The van der Waals surface area contributed by atoms with Gasteiger partial charge in [0.15, 0.2) is 5.69 Å². The molecule has 1 heterocycles. The van der Waals surface area contributed by atoms with Gasteiger partial charge < -0.3 is 5.32 Å². The van der Waals surface area contributed by atoms with Gasteiger partial charge in [-0.3, -0.25) is 4.90 Å². The van der Waals surface area contributed by atoms with Crippen molar-refractivity contribution in [3.05, 3.63) is 41.2 Å². The molecule has 3 heteroatoms. The Kier molecular flexibility index (Phi) is 3.78. The Bertz CT molecular complexity index is 404. The third-order valence-corrected chi connectivity index (χ3v) is 3.55. The van der Waals surface area contributed by atoms with E-state index in [1.54, 1.807) is 0 Å². The van der Waals surface area contributed by atoms with E-state index in [1.165, 1.54) is 5.56 Å². The topological polar surface area (TPSA) is 19.6 Å². The largest absolute Gasteiger partial charge is 0.314 e. The Hall–Kier alpha value is -1.37. The van der Waals surface area contributed by atoms with Crippen molar-refractivity contribution in [3.8, 4) is 0 Å². The summed E-state index contributed by atoms with van der Waals surface area (Å²) in [7, 11) is 0. The zero-order valence-electron chi connectivity index (χ0n) is 10.5. The van der Waals surface area contributed by atoms with Crippen LogP contribution in [0.1, 0.15) is 25.5 Å². The van der Waals surface area contributed by atoms with Crippen molar-refractivity contribution in [1.82, 2.24) is 10.2 Å². The summed E-state index contributed by atoms with van der Waals surface area (Å²) < 4.78 is 0. The molecule has 2 atom stereocenters. The zero-order valence-corrected chi connectivity index (χ0v) is 10.5. The molecule has 17 heavy (non-hydrogen) atoms. The van der Waals surface area contributed by atoms with E-state index in [-0.39, 0.29) is 0 Å². The molecule has 0 radical (unpaired) electrons. The first-order valence-electron chi connectivity index (χ1n) is 6.16. The van der Waals surface area contributed by atoms with Crippen LogP contribution in [0.3, 0.4) is 0 Å². The van der Waals surface area contributed by atoms with Gasteiger partial charge in [-0.25, -0.2) is 4.85 Å². The van der Waals surface area contributed by atoms with E-state index in [1.807, 2.05) is 12.1 Å². The van der Waals surface area contributed by atoms with E-state index >= 15 is 0 Å². The molecule has 1 aromatic carbocycles. The number of rotatable bonds is 2. The summed E-state index contributed by atoms with van der Waals surface area (Å²) in [5.74, 6) is 0. The fourth-order valence-electron chi connectivity index (χ4n) is 2.45. The highest BCUT2D eigenvalue weighted by molar-refractivity contribution is 5.45. The quantitative estimate of drug-likeness (QED) is 0.786. The Morgan fingerprint density at radius 3 is 2.71 bits per heavy atom. The maximum atomic E-state index is 6.96. The van der Waals surface area contributed by atoms with E-state index in [9.17, 15) is 0 Å². The first kappa shape index (κ1) is 12.1. The average Bonchev–Trinajstić information content (AvgIpc) is 2.39. The number of nitrogens with zero attached hydrogens (tertiary/aromatic N) is 2. The molecular formula is C14H19N3. The second-order valence-electron chi connectivity index (χ2n) is 4.67. The van der Waals surface area contributed by atoms with E-state index in [2.05, 4.69) is 41.0 Å². The Morgan fingerprint density at radius 1 is 1.41 bits per heavy atom. The van der Waals surface area contributed by atoms with Gasteiger partial charge in [-0.2, -0.15) is 0 Å².